The van der Waals surface area contributed by atoms with E-state index in [-0.39, 0.29) is 10.8 Å². The molecule has 0 aliphatic heterocycles. The zero-order valence-electron chi connectivity index (χ0n) is 16.6. The minimum Gasteiger partial charge on any atom is -0.491 e. The van der Waals surface area contributed by atoms with Crippen molar-refractivity contribution in [1.29, 1.82) is 0 Å². The minimum atomic E-state index is -3.61. The number of aryl methyl sites for hydroxylation is 1. The zero-order chi connectivity index (χ0) is 21.4. The molecule has 30 heavy (non-hydrogen) atoms. The van der Waals surface area contributed by atoms with Crippen LogP contribution < -0.4 is 14.8 Å². The van der Waals surface area contributed by atoms with Gasteiger partial charge in [-0.05, 0) is 60.7 Å². The molecule has 0 radical (unpaired) electrons. The third-order valence-corrected chi connectivity index (χ3v) is 6.82. The van der Waals surface area contributed by atoms with E-state index in [9.17, 15) is 13.2 Å². The topological polar surface area (TPSA) is 84.5 Å². The van der Waals surface area contributed by atoms with Crippen molar-refractivity contribution in [3.05, 3.63) is 82.0 Å². The van der Waals surface area contributed by atoms with Crippen LogP contribution >= 0.6 is 11.3 Å². The summed E-state index contributed by atoms with van der Waals surface area (Å²) in [5, 5.41) is 4.73. The van der Waals surface area contributed by atoms with E-state index in [1.807, 2.05) is 48.7 Å². The first-order valence-corrected chi connectivity index (χ1v) is 11.9. The van der Waals surface area contributed by atoms with Crippen molar-refractivity contribution in [2.75, 3.05) is 19.7 Å². The van der Waals surface area contributed by atoms with Gasteiger partial charge in [0, 0.05) is 17.0 Å². The predicted octanol–water partition coefficient (Wildman–Crippen LogP) is 3.39. The monoisotopic (exact) mass is 444 g/mol. The number of hydrogen-bond acceptors (Lipinski definition) is 5. The SMILES string of the molecule is Cc1ccccc1OCCNC(=O)c1ccc(S(=O)(=O)NCCc2cccs2)cc1. The lowest BCUT2D eigenvalue weighted by Crippen LogP contribution is -2.28. The predicted molar refractivity (Wildman–Crippen MR) is 119 cm³/mol. The Bertz CT molecular complexity index is 1060. The number of ether oxygens (including phenoxy) is 1. The molecule has 3 rings (SSSR count). The number of sulfonamides is 1. The van der Waals surface area contributed by atoms with E-state index >= 15 is 0 Å². The first kappa shape index (κ1) is 22.0. The maximum absolute atomic E-state index is 12.4. The summed E-state index contributed by atoms with van der Waals surface area (Å²) >= 11 is 1.59. The molecule has 3 aromatic rings. The van der Waals surface area contributed by atoms with Crippen molar-refractivity contribution >= 4 is 27.3 Å². The Morgan fingerprint density at radius 3 is 2.47 bits per heavy atom. The number of hydrogen-bond donors (Lipinski definition) is 2. The van der Waals surface area contributed by atoms with Gasteiger partial charge in [0.1, 0.15) is 12.4 Å². The fourth-order valence-corrected chi connectivity index (χ4v) is 4.52. The largest absolute Gasteiger partial charge is 0.491 e. The Balaban J connectivity index is 1.46. The zero-order valence-corrected chi connectivity index (χ0v) is 18.3. The van der Waals surface area contributed by atoms with Gasteiger partial charge in [0.15, 0.2) is 0 Å². The highest BCUT2D eigenvalue weighted by molar-refractivity contribution is 7.89. The molecular formula is C22H24N2O4S2. The first-order valence-electron chi connectivity index (χ1n) is 9.54. The van der Waals surface area contributed by atoms with Gasteiger partial charge in [0.05, 0.1) is 11.4 Å². The number of para-hydroxylation sites is 1. The van der Waals surface area contributed by atoms with E-state index in [0.29, 0.717) is 31.7 Å². The van der Waals surface area contributed by atoms with Crippen LogP contribution in [-0.4, -0.2) is 34.0 Å². The molecule has 2 N–H and O–H groups in total. The van der Waals surface area contributed by atoms with Crippen molar-refractivity contribution < 1.29 is 17.9 Å². The van der Waals surface area contributed by atoms with Crippen molar-refractivity contribution in [2.45, 2.75) is 18.2 Å². The summed E-state index contributed by atoms with van der Waals surface area (Å²) in [4.78, 5) is 13.5. The van der Waals surface area contributed by atoms with E-state index < -0.39 is 10.0 Å². The average molecular weight is 445 g/mol. The number of nitrogens with one attached hydrogen (secondary N) is 2. The number of carbonyl (C=O) groups excluding carboxylic acids is 1. The third kappa shape index (κ3) is 6.16. The van der Waals surface area contributed by atoms with Gasteiger partial charge < -0.3 is 10.1 Å². The highest BCUT2D eigenvalue weighted by atomic mass is 32.2. The molecular weight excluding hydrogens is 420 g/mol. The standard InChI is InChI=1S/C22H24N2O4S2/c1-17-5-2-3-7-21(17)28-15-14-23-22(25)18-8-10-20(11-9-18)30(26,27)24-13-12-19-6-4-16-29-19/h2-11,16,24H,12-15H2,1H3,(H,23,25). The van der Waals surface area contributed by atoms with Gasteiger partial charge in [-0.25, -0.2) is 13.1 Å². The summed E-state index contributed by atoms with van der Waals surface area (Å²) < 4.78 is 33.0. The molecule has 0 spiro atoms. The lowest BCUT2D eigenvalue weighted by atomic mass is 10.2. The van der Waals surface area contributed by atoms with E-state index in [0.717, 1.165) is 16.2 Å². The van der Waals surface area contributed by atoms with Gasteiger partial charge in [-0.15, -0.1) is 11.3 Å². The van der Waals surface area contributed by atoms with Crippen LogP contribution in [0.5, 0.6) is 5.75 Å². The number of thiophene rings is 1. The fourth-order valence-electron chi connectivity index (χ4n) is 2.78. The van der Waals surface area contributed by atoms with Crippen LogP contribution in [0, 0.1) is 6.92 Å². The maximum Gasteiger partial charge on any atom is 0.251 e. The molecule has 1 amide bonds. The third-order valence-electron chi connectivity index (χ3n) is 4.41. The van der Waals surface area contributed by atoms with E-state index in [1.165, 1.54) is 24.3 Å². The van der Waals surface area contributed by atoms with Gasteiger partial charge in [-0.3, -0.25) is 4.79 Å². The Morgan fingerprint density at radius 1 is 1.00 bits per heavy atom. The average Bonchev–Trinajstić information content (AvgIpc) is 3.26. The molecule has 2 aromatic carbocycles. The second-order valence-electron chi connectivity index (χ2n) is 6.62. The van der Waals surface area contributed by atoms with E-state index in [4.69, 9.17) is 4.74 Å². The van der Waals surface area contributed by atoms with Crippen molar-refractivity contribution in [1.82, 2.24) is 10.0 Å². The molecule has 1 heterocycles. The summed E-state index contributed by atoms with van der Waals surface area (Å²) in [7, 11) is -3.61. The van der Waals surface area contributed by atoms with Crippen molar-refractivity contribution in [3.63, 3.8) is 0 Å². The van der Waals surface area contributed by atoms with Crippen LogP contribution in [0.1, 0.15) is 20.8 Å². The Kier molecular flexibility index (Phi) is 7.62. The van der Waals surface area contributed by atoms with Crippen LogP contribution in [0.15, 0.2) is 70.9 Å². The molecule has 0 saturated carbocycles. The second kappa shape index (κ2) is 10.4. The number of benzene rings is 2. The first-order chi connectivity index (χ1) is 14.5. The molecule has 0 unspecified atom stereocenters. The van der Waals surface area contributed by atoms with Crippen LogP contribution in [0.4, 0.5) is 0 Å². The summed E-state index contributed by atoms with van der Waals surface area (Å²) in [6.45, 7) is 2.97. The summed E-state index contributed by atoms with van der Waals surface area (Å²) in [5.41, 5.74) is 1.42. The number of amides is 1. The molecule has 0 bridgehead atoms. The Morgan fingerprint density at radius 2 is 1.77 bits per heavy atom. The van der Waals surface area contributed by atoms with Gasteiger partial charge in [0.25, 0.3) is 5.91 Å². The molecule has 0 aliphatic carbocycles. The quantitative estimate of drug-likeness (QED) is 0.470. The van der Waals surface area contributed by atoms with Gasteiger partial charge in [-0.2, -0.15) is 0 Å². The number of rotatable bonds is 10. The summed E-state index contributed by atoms with van der Waals surface area (Å²) in [6, 6.07) is 17.5. The minimum absolute atomic E-state index is 0.133. The van der Waals surface area contributed by atoms with Crippen LogP contribution in [0.2, 0.25) is 0 Å². The summed E-state index contributed by atoms with van der Waals surface area (Å²) in [5.74, 6) is 0.505. The van der Waals surface area contributed by atoms with Gasteiger partial charge >= 0.3 is 0 Å². The summed E-state index contributed by atoms with van der Waals surface area (Å²) in [6.07, 6.45) is 0.641. The van der Waals surface area contributed by atoms with E-state index in [2.05, 4.69) is 10.0 Å². The van der Waals surface area contributed by atoms with Crippen LogP contribution in [-0.2, 0) is 16.4 Å². The highest BCUT2D eigenvalue weighted by Crippen LogP contribution is 2.16. The molecule has 158 valence electrons. The molecule has 8 heteroatoms. The molecule has 0 atom stereocenters. The fraction of sp³-hybridized carbons (Fsp3) is 0.227. The lowest BCUT2D eigenvalue weighted by Gasteiger charge is -2.10. The lowest BCUT2D eigenvalue weighted by molar-refractivity contribution is 0.0947. The van der Waals surface area contributed by atoms with Crippen molar-refractivity contribution in [2.24, 2.45) is 0 Å². The molecule has 0 fully saturated rings. The Labute approximate surface area is 181 Å². The molecule has 0 aliphatic rings. The number of carbonyl (C=O) groups is 1. The highest BCUT2D eigenvalue weighted by Gasteiger charge is 2.14. The molecule has 6 nitrogen and oxygen atoms in total. The smallest absolute Gasteiger partial charge is 0.251 e. The van der Waals surface area contributed by atoms with Gasteiger partial charge in [0.2, 0.25) is 10.0 Å². The van der Waals surface area contributed by atoms with Crippen LogP contribution in [0.3, 0.4) is 0 Å². The molecule has 0 saturated heterocycles. The van der Waals surface area contributed by atoms with E-state index in [1.54, 1.807) is 11.3 Å². The van der Waals surface area contributed by atoms with Crippen LogP contribution in [0.25, 0.3) is 0 Å². The van der Waals surface area contributed by atoms with Gasteiger partial charge in [-0.1, -0.05) is 24.3 Å². The molecule has 1 aromatic heterocycles. The maximum atomic E-state index is 12.4. The second-order valence-corrected chi connectivity index (χ2v) is 9.42. The normalized spacial score (nSPS) is 11.2. The Hall–Kier alpha value is -2.68. The van der Waals surface area contributed by atoms with Crippen molar-refractivity contribution in [3.8, 4) is 5.75 Å².